The van der Waals surface area contributed by atoms with Crippen LogP contribution in [-0.2, 0) is 11.9 Å². The molecule has 0 atom stereocenters. The predicted octanol–water partition coefficient (Wildman–Crippen LogP) is 7.47. The maximum absolute atomic E-state index is 5.69. The van der Waals surface area contributed by atoms with Crippen molar-refractivity contribution in [3.05, 3.63) is 130 Å². The van der Waals surface area contributed by atoms with Crippen LogP contribution in [0.1, 0.15) is 11.1 Å². The molecule has 39 heavy (non-hydrogen) atoms. The second-order valence-corrected chi connectivity index (χ2v) is 10.8. The van der Waals surface area contributed by atoms with E-state index in [9.17, 15) is 0 Å². The minimum atomic E-state index is 0.759. The van der Waals surface area contributed by atoms with E-state index >= 15 is 0 Å². The van der Waals surface area contributed by atoms with Gasteiger partial charge in [-0.05, 0) is 72.5 Å². The van der Waals surface area contributed by atoms with Gasteiger partial charge < -0.3 is 11.5 Å². The Morgan fingerprint density at radius 1 is 0.615 bits per heavy atom. The van der Waals surface area contributed by atoms with Crippen LogP contribution in [0.2, 0.25) is 0 Å². The third kappa shape index (κ3) is 8.29. The Kier molecular flexibility index (Phi) is 10.4. The zero-order chi connectivity index (χ0) is 27.6. The van der Waals surface area contributed by atoms with Crippen molar-refractivity contribution in [2.24, 2.45) is 0 Å². The summed E-state index contributed by atoms with van der Waals surface area (Å²) in [6.45, 7) is 0.824. The summed E-state index contributed by atoms with van der Waals surface area (Å²) in [6, 6.07) is 20.1. The van der Waals surface area contributed by atoms with E-state index in [2.05, 4.69) is 104 Å². The van der Waals surface area contributed by atoms with Crippen LogP contribution in [0.3, 0.4) is 0 Å². The van der Waals surface area contributed by atoms with Gasteiger partial charge in [0.25, 0.3) is 0 Å². The Morgan fingerprint density at radius 2 is 1.13 bits per heavy atom. The number of benzene rings is 2. The van der Waals surface area contributed by atoms with Gasteiger partial charge in [0.2, 0.25) is 0 Å². The van der Waals surface area contributed by atoms with E-state index in [0.29, 0.717) is 0 Å². The predicted molar refractivity (Wildman–Crippen MR) is 170 cm³/mol. The molecule has 0 amide bonds. The van der Waals surface area contributed by atoms with E-state index in [-0.39, 0.29) is 0 Å². The maximum atomic E-state index is 5.69. The quantitative estimate of drug-likeness (QED) is 0.147. The standard InChI is InChI=1S/C15H12BrN3.C10H7Br2N.C5H6N2/c16-15-9-18-8-12-2-1-11(7-14(12)15)10-19-5-3-13(17)4-6-19;11-4-7-1-2-8-5-13-6-10(12)9(8)3-7;6-5-1-3-7-4-2-5/h1-9,17H,10H2;1-3,5-6H,4H2;1-4H,(H2,6,7)/p+1. The summed E-state index contributed by atoms with van der Waals surface area (Å²) >= 11 is 10.5. The van der Waals surface area contributed by atoms with Gasteiger partial charge in [-0.1, -0.05) is 40.2 Å². The summed E-state index contributed by atoms with van der Waals surface area (Å²) in [5, 5.41) is 5.59. The molecule has 9 heteroatoms. The highest BCUT2D eigenvalue weighted by Gasteiger charge is 2.05. The van der Waals surface area contributed by atoms with Gasteiger partial charge in [0.05, 0.1) is 0 Å². The van der Waals surface area contributed by atoms with Gasteiger partial charge in [-0.2, -0.15) is 0 Å². The normalized spacial score (nSPS) is 10.3. The van der Waals surface area contributed by atoms with E-state index in [1.54, 1.807) is 24.5 Å². The van der Waals surface area contributed by atoms with Crippen LogP contribution in [-0.4, -0.2) is 15.0 Å². The second kappa shape index (κ2) is 14.1. The van der Waals surface area contributed by atoms with Crippen molar-refractivity contribution >= 4 is 80.7 Å². The van der Waals surface area contributed by atoms with E-state index < -0.39 is 0 Å². The number of pyridine rings is 4. The fourth-order valence-electron chi connectivity index (χ4n) is 3.68. The molecule has 6 nitrogen and oxygen atoms in total. The smallest absolute Gasteiger partial charge is 0.173 e. The molecule has 0 spiro atoms. The van der Waals surface area contributed by atoms with E-state index in [1.807, 2.05) is 49.3 Å². The topological polar surface area (TPSA) is 94.6 Å². The number of alkyl halides is 1. The van der Waals surface area contributed by atoms with Gasteiger partial charge in [0, 0.05) is 91.3 Å². The summed E-state index contributed by atoms with van der Waals surface area (Å²) in [5.41, 5.74) is 15.1. The Bertz CT molecular complexity index is 1660. The molecule has 4 N–H and O–H groups in total. The summed E-state index contributed by atoms with van der Waals surface area (Å²) in [7, 11) is 0. The van der Waals surface area contributed by atoms with Gasteiger partial charge in [-0.15, -0.1) is 0 Å². The third-order valence-electron chi connectivity index (χ3n) is 5.70. The molecule has 6 rings (SSSR count). The third-order valence-corrected chi connectivity index (χ3v) is 7.61. The first-order valence-electron chi connectivity index (χ1n) is 11.9. The number of nitrogen functional groups attached to an aromatic ring is 2. The highest BCUT2D eigenvalue weighted by Crippen LogP contribution is 2.25. The van der Waals surface area contributed by atoms with Crippen LogP contribution < -0.4 is 16.0 Å². The van der Waals surface area contributed by atoms with Gasteiger partial charge in [0.15, 0.2) is 18.9 Å². The molecule has 0 aliphatic heterocycles. The van der Waals surface area contributed by atoms with Crippen LogP contribution in [0.5, 0.6) is 0 Å². The van der Waals surface area contributed by atoms with Crippen LogP contribution in [0, 0.1) is 0 Å². The van der Waals surface area contributed by atoms with E-state index in [1.165, 1.54) is 27.3 Å². The average Bonchev–Trinajstić information content (AvgIpc) is 2.96. The molecule has 6 aromatic rings. The van der Waals surface area contributed by atoms with Crippen molar-refractivity contribution in [1.29, 1.82) is 0 Å². The van der Waals surface area contributed by atoms with Crippen molar-refractivity contribution in [3.8, 4) is 0 Å². The lowest BCUT2D eigenvalue weighted by atomic mass is 10.1. The number of nitrogens with two attached hydrogens (primary N) is 2. The summed E-state index contributed by atoms with van der Waals surface area (Å²) in [4.78, 5) is 12.0. The number of nitrogens with zero attached hydrogens (tertiary/aromatic N) is 4. The lowest BCUT2D eigenvalue weighted by Crippen LogP contribution is -2.33. The Labute approximate surface area is 252 Å². The number of hydrogen-bond donors (Lipinski definition) is 2. The lowest BCUT2D eigenvalue weighted by molar-refractivity contribution is -0.688. The molecule has 0 fully saturated rings. The van der Waals surface area contributed by atoms with Crippen molar-refractivity contribution in [3.63, 3.8) is 0 Å². The Balaban J connectivity index is 0.000000152. The first kappa shape index (κ1) is 28.6. The summed E-state index contributed by atoms with van der Waals surface area (Å²) in [5.74, 6) is 0. The van der Waals surface area contributed by atoms with Gasteiger partial charge in [0.1, 0.15) is 0 Å². The number of aromatic nitrogens is 4. The Hall–Kier alpha value is -3.40. The second-order valence-electron chi connectivity index (χ2n) is 8.57. The van der Waals surface area contributed by atoms with Crippen molar-refractivity contribution < 1.29 is 4.57 Å². The number of halogens is 3. The van der Waals surface area contributed by atoms with Crippen molar-refractivity contribution in [2.45, 2.75) is 11.9 Å². The molecule has 0 aliphatic rings. The molecule has 4 aromatic heterocycles. The molecule has 0 unspecified atom stereocenters. The molecule has 4 heterocycles. The molecule has 0 radical (unpaired) electrons. The zero-order valence-corrected chi connectivity index (χ0v) is 25.6. The van der Waals surface area contributed by atoms with Crippen LogP contribution >= 0.6 is 47.8 Å². The highest BCUT2D eigenvalue weighted by molar-refractivity contribution is 9.11. The van der Waals surface area contributed by atoms with Crippen molar-refractivity contribution in [2.75, 3.05) is 11.5 Å². The minimum Gasteiger partial charge on any atom is -0.399 e. The number of hydrogen-bond acceptors (Lipinski definition) is 5. The average molecular weight is 710 g/mol. The lowest BCUT2D eigenvalue weighted by Gasteiger charge is -2.03. The molecular formula is C30H26Br3N6+. The zero-order valence-electron chi connectivity index (χ0n) is 20.9. The summed E-state index contributed by atoms with van der Waals surface area (Å²) in [6.07, 6.45) is 14.7. The van der Waals surface area contributed by atoms with Gasteiger partial charge >= 0.3 is 0 Å². The molecule has 2 aromatic carbocycles. The molecule has 0 aliphatic carbocycles. The molecule has 0 bridgehead atoms. The van der Waals surface area contributed by atoms with Crippen LogP contribution in [0.4, 0.5) is 11.4 Å². The maximum Gasteiger partial charge on any atom is 0.173 e. The SMILES string of the molecule is BrCc1ccc2cncc(Br)c2c1.Nc1cc[n+](Cc2ccc3cncc(Br)c3c2)cc1.Nc1ccncc1. The molecule has 0 saturated carbocycles. The number of fused-ring (bicyclic) bond motifs is 2. The van der Waals surface area contributed by atoms with Gasteiger partial charge in [-0.3, -0.25) is 15.0 Å². The Morgan fingerprint density at radius 3 is 1.64 bits per heavy atom. The molecule has 0 saturated heterocycles. The van der Waals surface area contributed by atoms with Crippen LogP contribution in [0.25, 0.3) is 21.5 Å². The number of anilines is 2. The minimum absolute atomic E-state index is 0.759. The van der Waals surface area contributed by atoms with Crippen molar-refractivity contribution in [1.82, 2.24) is 15.0 Å². The fourth-order valence-corrected chi connectivity index (χ4v) is 4.95. The highest BCUT2D eigenvalue weighted by atomic mass is 79.9. The van der Waals surface area contributed by atoms with Gasteiger partial charge in [-0.25, -0.2) is 4.57 Å². The first-order valence-corrected chi connectivity index (χ1v) is 14.6. The fraction of sp³-hybridized carbons (Fsp3) is 0.0667. The van der Waals surface area contributed by atoms with E-state index in [0.717, 1.165) is 37.6 Å². The first-order chi connectivity index (χ1) is 18.9. The molecule has 196 valence electrons. The largest absolute Gasteiger partial charge is 0.399 e. The van der Waals surface area contributed by atoms with E-state index in [4.69, 9.17) is 11.5 Å². The monoisotopic (exact) mass is 707 g/mol. The molecular weight excluding hydrogens is 684 g/mol. The summed E-state index contributed by atoms with van der Waals surface area (Å²) < 4.78 is 4.18. The number of rotatable bonds is 3. The van der Waals surface area contributed by atoms with Crippen LogP contribution in [0.15, 0.2) is 119 Å².